The third kappa shape index (κ3) is 2.47. The molecule has 0 spiro atoms. The topological polar surface area (TPSA) is 69.5 Å². The van der Waals surface area contributed by atoms with E-state index in [1.54, 1.807) is 0 Å². The van der Waals surface area contributed by atoms with E-state index < -0.39 is 5.60 Å². The normalized spacial score (nSPS) is 27.0. The number of β-amino-alcohol motifs (C(OH)–C–C–N with tert-alkyl or cyclic N) is 1. The molecule has 2 N–H and O–H groups in total. The van der Waals surface area contributed by atoms with Crippen LogP contribution in [0.15, 0.2) is 3.92 Å². The Morgan fingerprint density at radius 2 is 2.33 bits per heavy atom. The molecule has 84 valence electrons. The van der Waals surface area contributed by atoms with E-state index in [9.17, 15) is 5.11 Å². The number of halogens is 1. The van der Waals surface area contributed by atoms with Crippen molar-refractivity contribution in [3.8, 4) is 0 Å². The maximum absolute atomic E-state index is 9.97. The van der Waals surface area contributed by atoms with E-state index in [-0.39, 0.29) is 6.61 Å². The van der Waals surface area contributed by atoms with Gasteiger partial charge in [0, 0.05) is 6.54 Å². The van der Waals surface area contributed by atoms with Gasteiger partial charge in [-0.05, 0) is 28.8 Å². The van der Waals surface area contributed by atoms with Crippen LogP contribution in [0.3, 0.4) is 0 Å². The van der Waals surface area contributed by atoms with E-state index in [1.807, 2.05) is 4.90 Å². The molecule has 0 amide bonds. The zero-order valence-electron chi connectivity index (χ0n) is 8.06. The molecule has 2 rings (SSSR count). The van der Waals surface area contributed by atoms with Gasteiger partial charge in [0.2, 0.25) is 5.13 Å². The Balaban J connectivity index is 2.11. The second-order valence-corrected chi connectivity index (χ2v) is 5.98. The Labute approximate surface area is 99.9 Å². The van der Waals surface area contributed by atoms with Crippen LogP contribution in [0.25, 0.3) is 0 Å². The van der Waals surface area contributed by atoms with Crippen LogP contribution in [0.4, 0.5) is 5.13 Å². The first kappa shape index (κ1) is 11.3. The Bertz CT molecular complexity index is 348. The molecule has 2 heterocycles. The summed E-state index contributed by atoms with van der Waals surface area (Å²) in [7, 11) is 0. The van der Waals surface area contributed by atoms with Crippen molar-refractivity contribution in [2.75, 3.05) is 24.6 Å². The first-order valence-corrected chi connectivity index (χ1v) is 6.31. The molecule has 0 radical (unpaired) electrons. The summed E-state index contributed by atoms with van der Waals surface area (Å²) in [6.07, 6.45) is 1.49. The molecule has 0 aliphatic carbocycles. The highest BCUT2D eigenvalue weighted by molar-refractivity contribution is 9.11. The highest BCUT2D eigenvalue weighted by atomic mass is 79.9. The van der Waals surface area contributed by atoms with Crippen LogP contribution < -0.4 is 4.90 Å². The minimum atomic E-state index is -0.990. The molecule has 1 aromatic rings. The summed E-state index contributed by atoms with van der Waals surface area (Å²) in [4.78, 5) is 1.96. The molecule has 1 aliphatic heterocycles. The fourth-order valence-corrected chi connectivity index (χ4v) is 2.84. The number of hydrogen-bond acceptors (Lipinski definition) is 6. The Morgan fingerprint density at radius 1 is 1.53 bits per heavy atom. The Kier molecular flexibility index (Phi) is 3.24. The van der Waals surface area contributed by atoms with Gasteiger partial charge in [0.05, 0.1) is 13.2 Å². The molecule has 0 bridgehead atoms. The van der Waals surface area contributed by atoms with Crippen LogP contribution in [0.1, 0.15) is 12.8 Å². The quantitative estimate of drug-likeness (QED) is 0.837. The molecule has 1 unspecified atom stereocenters. The largest absolute Gasteiger partial charge is 0.393 e. The minimum Gasteiger partial charge on any atom is -0.393 e. The van der Waals surface area contributed by atoms with Gasteiger partial charge in [-0.2, -0.15) is 0 Å². The summed E-state index contributed by atoms with van der Waals surface area (Å²) < 4.78 is 0.732. The van der Waals surface area contributed by atoms with Gasteiger partial charge in [-0.1, -0.05) is 11.3 Å². The van der Waals surface area contributed by atoms with Crippen molar-refractivity contribution in [1.82, 2.24) is 10.2 Å². The van der Waals surface area contributed by atoms with E-state index in [0.29, 0.717) is 13.0 Å². The molecule has 0 aromatic carbocycles. The predicted molar refractivity (Wildman–Crippen MR) is 61.1 cm³/mol. The molecule has 0 saturated carbocycles. The van der Waals surface area contributed by atoms with E-state index >= 15 is 0 Å². The second kappa shape index (κ2) is 4.32. The molecule has 1 aromatic heterocycles. The summed E-state index contributed by atoms with van der Waals surface area (Å²) in [5, 5.41) is 27.7. The highest BCUT2D eigenvalue weighted by Gasteiger charge is 2.33. The summed E-state index contributed by atoms with van der Waals surface area (Å²) in [5.41, 5.74) is -0.990. The number of aromatic nitrogens is 2. The number of rotatable bonds is 2. The molecular formula is C8H12BrN3O2S. The molecule has 5 nitrogen and oxygen atoms in total. The van der Waals surface area contributed by atoms with Crippen molar-refractivity contribution in [2.24, 2.45) is 0 Å². The van der Waals surface area contributed by atoms with Crippen molar-refractivity contribution in [2.45, 2.75) is 18.4 Å². The molecule has 7 heteroatoms. The fourth-order valence-electron chi connectivity index (χ4n) is 1.73. The third-order valence-corrected chi connectivity index (χ3v) is 3.93. The van der Waals surface area contributed by atoms with Gasteiger partial charge in [-0.3, -0.25) is 0 Å². The average molecular weight is 294 g/mol. The van der Waals surface area contributed by atoms with Crippen molar-refractivity contribution in [3.63, 3.8) is 0 Å². The van der Waals surface area contributed by atoms with Gasteiger partial charge in [-0.25, -0.2) is 0 Å². The summed E-state index contributed by atoms with van der Waals surface area (Å²) in [6.45, 7) is 1.07. The molecule has 1 atom stereocenters. The van der Waals surface area contributed by atoms with Crippen LogP contribution in [0.2, 0.25) is 0 Å². The lowest BCUT2D eigenvalue weighted by atomic mass is 9.94. The summed E-state index contributed by atoms with van der Waals surface area (Å²) >= 11 is 4.68. The molecular weight excluding hydrogens is 282 g/mol. The maximum Gasteiger partial charge on any atom is 0.209 e. The zero-order chi connectivity index (χ0) is 10.9. The van der Waals surface area contributed by atoms with Crippen molar-refractivity contribution in [1.29, 1.82) is 0 Å². The zero-order valence-corrected chi connectivity index (χ0v) is 10.5. The lowest BCUT2D eigenvalue weighted by Gasteiger charge is -2.37. The van der Waals surface area contributed by atoms with Crippen molar-refractivity contribution < 1.29 is 10.2 Å². The predicted octanol–water partition coefficient (Wildman–Crippen LogP) is 0.624. The molecule has 1 fully saturated rings. The first-order chi connectivity index (χ1) is 7.13. The third-order valence-electron chi connectivity index (χ3n) is 2.51. The van der Waals surface area contributed by atoms with Gasteiger partial charge in [0.15, 0.2) is 3.92 Å². The standard InChI is InChI=1S/C8H12BrN3O2S/c9-6-10-11-7(15-6)12-3-1-2-8(14,4-12)5-13/h13-14H,1-5H2. The molecule has 15 heavy (non-hydrogen) atoms. The van der Waals surface area contributed by atoms with Crippen molar-refractivity contribution >= 4 is 32.4 Å². The van der Waals surface area contributed by atoms with Crippen LogP contribution in [-0.4, -0.2) is 45.7 Å². The maximum atomic E-state index is 9.97. The van der Waals surface area contributed by atoms with E-state index in [4.69, 9.17) is 5.11 Å². The minimum absolute atomic E-state index is 0.205. The molecule has 1 saturated heterocycles. The lowest BCUT2D eigenvalue weighted by Crippen LogP contribution is -2.50. The van der Waals surface area contributed by atoms with Crippen LogP contribution in [0.5, 0.6) is 0 Å². The van der Waals surface area contributed by atoms with Gasteiger partial charge in [0.25, 0.3) is 0 Å². The van der Waals surface area contributed by atoms with Gasteiger partial charge < -0.3 is 15.1 Å². The van der Waals surface area contributed by atoms with Gasteiger partial charge in [0.1, 0.15) is 5.60 Å². The Hall–Kier alpha value is -0.240. The van der Waals surface area contributed by atoms with Crippen LogP contribution in [-0.2, 0) is 0 Å². The first-order valence-electron chi connectivity index (χ1n) is 4.70. The van der Waals surface area contributed by atoms with Crippen LogP contribution in [0, 0.1) is 0 Å². The van der Waals surface area contributed by atoms with Crippen LogP contribution >= 0.6 is 27.3 Å². The number of anilines is 1. The number of piperidine rings is 1. The average Bonchev–Trinajstić information content (AvgIpc) is 2.65. The monoisotopic (exact) mass is 293 g/mol. The number of nitrogens with zero attached hydrogens (tertiary/aromatic N) is 3. The van der Waals surface area contributed by atoms with Crippen molar-refractivity contribution in [3.05, 3.63) is 3.92 Å². The van der Waals surface area contributed by atoms with E-state index in [1.165, 1.54) is 11.3 Å². The Morgan fingerprint density at radius 3 is 2.93 bits per heavy atom. The van der Waals surface area contributed by atoms with Gasteiger partial charge in [-0.15, -0.1) is 10.2 Å². The van der Waals surface area contributed by atoms with E-state index in [0.717, 1.165) is 22.0 Å². The van der Waals surface area contributed by atoms with Gasteiger partial charge >= 0.3 is 0 Å². The SMILES string of the molecule is OCC1(O)CCCN(c2nnc(Br)s2)C1. The summed E-state index contributed by atoms with van der Waals surface area (Å²) in [6, 6.07) is 0. The number of aliphatic hydroxyl groups excluding tert-OH is 1. The highest BCUT2D eigenvalue weighted by Crippen LogP contribution is 2.29. The van der Waals surface area contributed by atoms with E-state index in [2.05, 4.69) is 26.1 Å². The number of hydrogen-bond donors (Lipinski definition) is 2. The number of aliphatic hydroxyl groups is 2. The fraction of sp³-hybridized carbons (Fsp3) is 0.750. The smallest absolute Gasteiger partial charge is 0.209 e. The molecule has 1 aliphatic rings. The summed E-state index contributed by atoms with van der Waals surface area (Å²) in [5.74, 6) is 0. The second-order valence-electron chi connectivity index (χ2n) is 3.75. The lowest BCUT2D eigenvalue weighted by molar-refractivity contribution is -0.0241.